The summed E-state index contributed by atoms with van der Waals surface area (Å²) in [6.45, 7) is 0. The monoisotopic (exact) mass is 718 g/mol. The summed E-state index contributed by atoms with van der Waals surface area (Å²) >= 11 is 1.77. The first kappa shape index (κ1) is 30.6. The van der Waals surface area contributed by atoms with Crippen molar-refractivity contribution in [3.8, 4) is 56.4 Å². The minimum atomic E-state index is -0.602. The number of rotatable bonds is 3. The third-order valence-corrected chi connectivity index (χ3v) is 12.7. The highest BCUT2D eigenvalue weighted by Crippen LogP contribution is 2.63. The van der Waals surface area contributed by atoms with Gasteiger partial charge in [-0.05, 0) is 74.5 Å². The minimum Gasteiger partial charge on any atom is -0.457 e. The van der Waals surface area contributed by atoms with E-state index in [-0.39, 0.29) is 0 Å². The Kier molecular flexibility index (Phi) is 6.42. The van der Waals surface area contributed by atoms with Gasteiger partial charge in [0.2, 0.25) is 0 Å². The fourth-order valence-corrected chi connectivity index (χ4v) is 10.4. The zero-order valence-electron chi connectivity index (χ0n) is 29.5. The number of thiophene rings is 1. The molecule has 4 heteroatoms. The maximum Gasteiger partial charge on any atom is 0.160 e. The van der Waals surface area contributed by atoms with E-state index in [1.54, 1.807) is 11.3 Å². The van der Waals surface area contributed by atoms with Crippen molar-refractivity contribution in [1.82, 2.24) is 9.97 Å². The van der Waals surface area contributed by atoms with Crippen molar-refractivity contribution in [3.05, 3.63) is 204 Å². The molecular formula is C51H30N2OS. The van der Waals surface area contributed by atoms with E-state index in [0.717, 1.165) is 66.4 Å². The highest BCUT2D eigenvalue weighted by atomic mass is 32.1. The molecule has 2 aromatic heterocycles. The van der Waals surface area contributed by atoms with Crippen molar-refractivity contribution in [2.45, 2.75) is 5.41 Å². The molecule has 0 N–H and O–H groups in total. The Morgan fingerprint density at radius 2 is 1.15 bits per heavy atom. The summed E-state index contributed by atoms with van der Waals surface area (Å²) in [7, 11) is 0. The summed E-state index contributed by atoms with van der Waals surface area (Å²) in [6.07, 6.45) is 0. The number of para-hydroxylation sites is 2. The Balaban J connectivity index is 1.17. The first-order chi connectivity index (χ1) is 27.3. The van der Waals surface area contributed by atoms with Gasteiger partial charge in [0.15, 0.2) is 5.82 Å². The Morgan fingerprint density at radius 1 is 0.455 bits per heavy atom. The van der Waals surface area contributed by atoms with E-state index in [2.05, 4.69) is 182 Å². The molecule has 256 valence electrons. The number of nitrogens with zero attached hydrogens (tertiary/aromatic N) is 2. The SMILES string of the molecule is c1ccc(-c2cccc(-c3nc(-c4ccc5c(c4)C4(c6ccccc6Oc6ccccc64)c4ccc6ccccc6c4-5)c4sc5ccccc5c4n3)c2)cc1. The Labute approximate surface area is 321 Å². The maximum absolute atomic E-state index is 6.68. The van der Waals surface area contributed by atoms with Gasteiger partial charge in [-0.15, -0.1) is 11.3 Å². The van der Waals surface area contributed by atoms with Crippen LogP contribution in [0, 0.1) is 0 Å². The normalized spacial score (nSPS) is 13.4. The topological polar surface area (TPSA) is 35.0 Å². The quantitative estimate of drug-likeness (QED) is 0.182. The van der Waals surface area contributed by atoms with E-state index in [0.29, 0.717) is 0 Å². The predicted molar refractivity (Wildman–Crippen MR) is 226 cm³/mol. The molecule has 0 atom stereocenters. The van der Waals surface area contributed by atoms with Crippen molar-refractivity contribution >= 4 is 42.4 Å². The number of hydrogen-bond acceptors (Lipinski definition) is 4. The van der Waals surface area contributed by atoms with Crippen LogP contribution in [0.3, 0.4) is 0 Å². The largest absolute Gasteiger partial charge is 0.457 e. The standard InChI is InChI=1S/C51H30N2OS/c1-2-13-31(14-3-1)33-16-12-17-35(29-33)50-52-47(49-48(53-50)38-19-6-11-24-45(38)55-49)34-25-27-37-42(30-34)51(41-28-26-32-15-4-5-18-36(32)46(37)41)39-20-7-9-22-43(39)54-44-23-10-8-21-40(44)51/h1-30H. The van der Waals surface area contributed by atoms with Gasteiger partial charge in [-0.3, -0.25) is 0 Å². The second kappa shape index (κ2) is 11.6. The highest BCUT2D eigenvalue weighted by Gasteiger charge is 2.51. The second-order valence-corrected chi connectivity index (χ2v) is 15.5. The third kappa shape index (κ3) is 4.31. The fourth-order valence-electron chi connectivity index (χ4n) is 9.20. The van der Waals surface area contributed by atoms with E-state index < -0.39 is 5.41 Å². The van der Waals surface area contributed by atoms with Gasteiger partial charge in [0, 0.05) is 32.3 Å². The van der Waals surface area contributed by atoms with Crippen molar-refractivity contribution in [2.24, 2.45) is 0 Å². The number of aromatic nitrogens is 2. The molecule has 10 aromatic rings. The van der Waals surface area contributed by atoms with Gasteiger partial charge in [0.05, 0.1) is 21.3 Å². The zero-order valence-corrected chi connectivity index (χ0v) is 30.3. The fraction of sp³-hybridized carbons (Fsp3) is 0.0196. The first-order valence-corrected chi connectivity index (χ1v) is 19.5. The summed E-state index contributed by atoms with van der Waals surface area (Å²) in [4.78, 5) is 10.8. The van der Waals surface area contributed by atoms with Crippen LogP contribution in [-0.4, -0.2) is 9.97 Å². The van der Waals surface area contributed by atoms with Gasteiger partial charge < -0.3 is 4.74 Å². The number of hydrogen-bond donors (Lipinski definition) is 0. The molecule has 1 spiro atoms. The minimum absolute atomic E-state index is 0.602. The molecule has 3 heterocycles. The van der Waals surface area contributed by atoms with Crippen LogP contribution in [0.5, 0.6) is 11.5 Å². The van der Waals surface area contributed by atoms with Gasteiger partial charge >= 0.3 is 0 Å². The molecule has 0 unspecified atom stereocenters. The number of ether oxygens (including phenoxy) is 1. The molecule has 0 saturated heterocycles. The Morgan fingerprint density at radius 3 is 1.98 bits per heavy atom. The maximum atomic E-state index is 6.68. The summed E-state index contributed by atoms with van der Waals surface area (Å²) in [6, 6.07) is 65.3. The van der Waals surface area contributed by atoms with E-state index in [1.807, 2.05) is 0 Å². The van der Waals surface area contributed by atoms with Crippen molar-refractivity contribution in [2.75, 3.05) is 0 Å². The molecular weight excluding hydrogens is 689 g/mol. The molecule has 1 aliphatic heterocycles. The molecule has 2 aliphatic rings. The van der Waals surface area contributed by atoms with Crippen LogP contribution in [-0.2, 0) is 5.41 Å². The van der Waals surface area contributed by atoms with Gasteiger partial charge in [-0.25, -0.2) is 9.97 Å². The Bertz CT molecular complexity index is 3150. The lowest BCUT2D eigenvalue weighted by Gasteiger charge is -2.39. The van der Waals surface area contributed by atoms with E-state index in [1.165, 1.54) is 43.3 Å². The summed E-state index contributed by atoms with van der Waals surface area (Å²) < 4.78 is 8.97. The van der Waals surface area contributed by atoms with E-state index in [9.17, 15) is 0 Å². The zero-order chi connectivity index (χ0) is 36.1. The van der Waals surface area contributed by atoms with Crippen molar-refractivity contribution in [1.29, 1.82) is 0 Å². The van der Waals surface area contributed by atoms with Crippen LogP contribution in [0.15, 0.2) is 182 Å². The third-order valence-electron chi connectivity index (χ3n) is 11.5. The lowest BCUT2D eigenvalue weighted by atomic mass is 9.66. The summed E-state index contributed by atoms with van der Waals surface area (Å²) in [5.74, 6) is 2.48. The van der Waals surface area contributed by atoms with Crippen LogP contribution < -0.4 is 4.74 Å². The van der Waals surface area contributed by atoms with Crippen LogP contribution in [0.4, 0.5) is 0 Å². The Hall–Kier alpha value is -6.88. The smallest absolute Gasteiger partial charge is 0.160 e. The van der Waals surface area contributed by atoms with Crippen molar-refractivity contribution in [3.63, 3.8) is 0 Å². The first-order valence-electron chi connectivity index (χ1n) is 18.7. The average molecular weight is 719 g/mol. The molecule has 0 amide bonds. The van der Waals surface area contributed by atoms with Gasteiger partial charge in [0.1, 0.15) is 11.5 Å². The van der Waals surface area contributed by atoms with Crippen LogP contribution in [0.1, 0.15) is 22.3 Å². The van der Waals surface area contributed by atoms with Crippen molar-refractivity contribution < 1.29 is 4.74 Å². The highest BCUT2D eigenvalue weighted by molar-refractivity contribution is 7.26. The molecule has 0 saturated carbocycles. The lowest BCUT2D eigenvalue weighted by molar-refractivity contribution is 0.436. The van der Waals surface area contributed by atoms with E-state index in [4.69, 9.17) is 14.7 Å². The second-order valence-electron chi connectivity index (χ2n) is 14.4. The molecule has 3 nitrogen and oxygen atoms in total. The van der Waals surface area contributed by atoms with Crippen LogP contribution in [0.2, 0.25) is 0 Å². The van der Waals surface area contributed by atoms with Gasteiger partial charge in [0.25, 0.3) is 0 Å². The predicted octanol–water partition coefficient (Wildman–Crippen LogP) is 13.5. The molecule has 0 fully saturated rings. The average Bonchev–Trinajstić information content (AvgIpc) is 3.78. The molecule has 1 aliphatic carbocycles. The molecule has 0 radical (unpaired) electrons. The molecule has 55 heavy (non-hydrogen) atoms. The van der Waals surface area contributed by atoms with Crippen LogP contribution in [0.25, 0.3) is 76.0 Å². The lowest BCUT2D eigenvalue weighted by Crippen LogP contribution is -2.32. The molecule has 0 bridgehead atoms. The molecule has 12 rings (SSSR count). The van der Waals surface area contributed by atoms with Crippen LogP contribution >= 0.6 is 11.3 Å². The summed E-state index contributed by atoms with van der Waals surface area (Å²) in [5.41, 5.74) is 13.0. The summed E-state index contributed by atoms with van der Waals surface area (Å²) in [5, 5.41) is 3.63. The number of fused-ring (bicyclic) bond motifs is 14. The van der Waals surface area contributed by atoms with E-state index >= 15 is 0 Å². The number of benzene rings is 8. The van der Waals surface area contributed by atoms with Gasteiger partial charge in [-0.1, -0.05) is 152 Å². The van der Waals surface area contributed by atoms with Gasteiger partial charge in [-0.2, -0.15) is 0 Å². The molecule has 8 aromatic carbocycles.